The first-order valence-electron chi connectivity index (χ1n) is 4.70. The van der Waals surface area contributed by atoms with Gasteiger partial charge in [-0.3, -0.25) is 5.10 Å². The van der Waals surface area contributed by atoms with Gasteiger partial charge >= 0.3 is 0 Å². The smallest absolute Gasteiger partial charge is 0.0847 e. The van der Waals surface area contributed by atoms with Gasteiger partial charge in [0, 0.05) is 17.6 Å². The molecule has 0 saturated carbocycles. The van der Waals surface area contributed by atoms with Crippen LogP contribution in [0.25, 0.3) is 10.9 Å². The number of hydrogen-bond acceptors (Lipinski definition) is 3. The second-order valence-electron chi connectivity index (χ2n) is 3.36. The quantitative estimate of drug-likeness (QED) is 0.693. The molecule has 0 aliphatic heterocycles. The molecule has 0 aliphatic carbocycles. The molecule has 3 N–H and O–H groups in total. The van der Waals surface area contributed by atoms with Gasteiger partial charge in [0.05, 0.1) is 23.7 Å². The van der Waals surface area contributed by atoms with Gasteiger partial charge in [-0.25, -0.2) is 0 Å². The minimum Gasteiger partial charge on any atom is -0.390 e. The van der Waals surface area contributed by atoms with E-state index in [2.05, 4.69) is 15.5 Å². The highest BCUT2D eigenvalue weighted by molar-refractivity contribution is 6.18. The SMILES string of the molecule is OC(CCl)CNc1ccc2cn[nH]c2c1. The van der Waals surface area contributed by atoms with Crippen LogP contribution in [0.3, 0.4) is 0 Å². The number of aliphatic hydroxyl groups excluding tert-OH is 1. The van der Waals surface area contributed by atoms with E-state index >= 15 is 0 Å². The van der Waals surface area contributed by atoms with E-state index in [0.29, 0.717) is 6.54 Å². The number of benzene rings is 1. The molecule has 5 heteroatoms. The van der Waals surface area contributed by atoms with Crippen LogP contribution in [0.2, 0.25) is 0 Å². The number of alkyl halides is 1. The third-order valence-electron chi connectivity index (χ3n) is 2.16. The van der Waals surface area contributed by atoms with E-state index in [1.807, 2.05) is 18.2 Å². The molecule has 4 nitrogen and oxygen atoms in total. The Labute approximate surface area is 92.3 Å². The molecule has 0 fully saturated rings. The molecule has 0 radical (unpaired) electrons. The van der Waals surface area contributed by atoms with Crippen LogP contribution in [0.1, 0.15) is 0 Å². The highest BCUT2D eigenvalue weighted by atomic mass is 35.5. The maximum Gasteiger partial charge on any atom is 0.0847 e. The van der Waals surface area contributed by atoms with Crippen LogP contribution in [-0.2, 0) is 0 Å². The lowest BCUT2D eigenvalue weighted by Crippen LogP contribution is -2.20. The van der Waals surface area contributed by atoms with Gasteiger partial charge in [0.15, 0.2) is 0 Å². The number of fused-ring (bicyclic) bond motifs is 1. The lowest BCUT2D eigenvalue weighted by Gasteiger charge is -2.09. The number of aliphatic hydroxyl groups is 1. The molecule has 0 bridgehead atoms. The van der Waals surface area contributed by atoms with Crippen molar-refractivity contribution in [3.05, 3.63) is 24.4 Å². The molecular weight excluding hydrogens is 214 g/mol. The van der Waals surface area contributed by atoms with Gasteiger partial charge in [-0.05, 0) is 18.2 Å². The van der Waals surface area contributed by atoms with Crippen LogP contribution < -0.4 is 5.32 Å². The molecule has 80 valence electrons. The predicted octanol–water partition coefficient (Wildman–Crippen LogP) is 1.57. The number of aromatic amines is 1. The third kappa shape index (κ3) is 2.40. The van der Waals surface area contributed by atoms with Crippen molar-refractivity contribution in [1.82, 2.24) is 10.2 Å². The molecular formula is C10H12ClN3O. The first-order chi connectivity index (χ1) is 7.29. The zero-order valence-corrected chi connectivity index (χ0v) is 8.83. The van der Waals surface area contributed by atoms with Crippen LogP contribution in [0.5, 0.6) is 0 Å². The lowest BCUT2D eigenvalue weighted by molar-refractivity contribution is 0.211. The number of nitrogens with zero attached hydrogens (tertiary/aromatic N) is 1. The predicted molar refractivity (Wildman–Crippen MR) is 61.3 cm³/mol. The van der Waals surface area contributed by atoms with Gasteiger partial charge in [-0.2, -0.15) is 5.10 Å². The number of hydrogen-bond donors (Lipinski definition) is 3. The Morgan fingerprint density at radius 2 is 2.40 bits per heavy atom. The minimum atomic E-state index is -0.524. The van der Waals surface area contributed by atoms with Crippen molar-refractivity contribution in [2.75, 3.05) is 17.7 Å². The summed E-state index contributed by atoms with van der Waals surface area (Å²) in [5.41, 5.74) is 1.91. The summed E-state index contributed by atoms with van der Waals surface area (Å²) in [6, 6.07) is 5.86. The summed E-state index contributed by atoms with van der Waals surface area (Å²) in [7, 11) is 0. The summed E-state index contributed by atoms with van der Waals surface area (Å²) in [5.74, 6) is 0.235. The van der Waals surface area contributed by atoms with Crippen LogP contribution in [0.15, 0.2) is 24.4 Å². The topological polar surface area (TPSA) is 60.9 Å². The number of nitrogens with one attached hydrogen (secondary N) is 2. The van der Waals surface area contributed by atoms with Crippen molar-refractivity contribution in [2.45, 2.75) is 6.10 Å². The first-order valence-corrected chi connectivity index (χ1v) is 5.24. The van der Waals surface area contributed by atoms with Crippen molar-refractivity contribution in [2.24, 2.45) is 0 Å². The van der Waals surface area contributed by atoms with Crippen molar-refractivity contribution < 1.29 is 5.11 Å². The van der Waals surface area contributed by atoms with Gasteiger partial charge in [0.25, 0.3) is 0 Å². The molecule has 1 aromatic carbocycles. The second kappa shape index (κ2) is 4.51. The van der Waals surface area contributed by atoms with Gasteiger partial charge in [-0.15, -0.1) is 11.6 Å². The average molecular weight is 226 g/mol. The van der Waals surface area contributed by atoms with E-state index in [1.54, 1.807) is 6.20 Å². The molecule has 2 rings (SSSR count). The largest absolute Gasteiger partial charge is 0.390 e. The van der Waals surface area contributed by atoms with Crippen molar-refractivity contribution in [3.8, 4) is 0 Å². The number of H-pyrrole nitrogens is 1. The van der Waals surface area contributed by atoms with E-state index in [9.17, 15) is 5.11 Å². The van der Waals surface area contributed by atoms with Crippen LogP contribution in [-0.4, -0.2) is 33.8 Å². The Morgan fingerprint density at radius 3 is 3.20 bits per heavy atom. The minimum absolute atomic E-state index is 0.235. The molecule has 1 heterocycles. The Bertz CT molecular complexity index is 443. The van der Waals surface area contributed by atoms with Gasteiger partial charge in [-0.1, -0.05) is 0 Å². The standard InChI is InChI=1S/C10H12ClN3O/c11-4-9(15)6-12-8-2-1-7-5-13-14-10(7)3-8/h1-3,5,9,12,15H,4,6H2,(H,13,14). The summed E-state index contributed by atoms with van der Waals surface area (Å²) < 4.78 is 0. The molecule has 0 spiro atoms. The lowest BCUT2D eigenvalue weighted by atomic mass is 10.2. The van der Waals surface area contributed by atoms with E-state index in [4.69, 9.17) is 11.6 Å². The fourth-order valence-corrected chi connectivity index (χ4v) is 1.45. The number of rotatable bonds is 4. The summed E-state index contributed by atoms with van der Waals surface area (Å²) in [5, 5.41) is 20.3. The second-order valence-corrected chi connectivity index (χ2v) is 3.67. The summed E-state index contributed by atoms with van der Waals surface area (Å²) in [4.78, 5) is 0. The molecule has 2 aromatic rings. The molecule has 1 unspecified atom stereocenters. The van der Waals surface area contributed by atoms with Crippen LogP contribution in [0, 0.1) is 0 Å². The molecule has 0 aliphatic rings. The van der Waals surface area contributed by atoms with Crippen molar-refractivity contribution >= 4 is 28.2 Å². The van der Waals surface area contributed by atoms with E-state index in [-0.39, 0.29) is 5.88 Å². The summed E-state index contributed by atoms with van der Waals surface area (Å²) in [6.07, 6.45) is 1.25. The molecule has 1 atom stereocenters. The van der Waals surface area contributed by atoms with E-state index in [0.717, 1.165) is 16.6 Å². The van der Waals surface area contributed by atoms with Crippen LogP contribution >= 0.6 is 11.6 Å². The summed E-state index contributed by atoms with van der Waals surface area (Å²) in [6.45, 7) is 0.448. The molecule has 0 amide bonds. The highest BCUT2D eigenvalue weighted by Crippen LogP contribution is 2.16. The van der Waals surface area contributed by atoms with Gasteiger partial charge in [0.2, 0.25) is 0 Å². The Kier molecular flexibility index (Phi) is 3.08. The highest BCUT2D eigenvalue weighted by Gasteiger charge is 2.02. The number of aromatic nitrogens is 2. The first kappa shape index (κ1) is 10.3. The number of halogens is 1. The van der Waals surface area contributed by atoms with Crippen LogP contribution in [0.4, 0.5) is 5.69 Å². The Morgan fingerprint density at radius 1 is 1.53 bits per heavy atom. The Balaban J connectivity index is 2.08. The monoisotopic (exact) mass is 225 g/mol. The zero-order valence-electron chi connectivity index (χ0n) is 8.07. The average Bonchev–Trinajstić information content (AvgIpc) is 2.72. The van der Waals surface area contributed by atoms with Crippen molar-refractivity contribution in [3.63, 3.8) is 0 Å². The molecule has 15 heavy (non-hydrogen) atoms. The maximum absolute atomic E-state index is 9.28. The normalized spacial score (nSPS) is 12.9. The third-order valence-corrected chi connectivity index (χ3v) is 2.52. The maximum atomic E-state index is 9.28. The fourth-order valence-electron chi connectivity index (χ4n) is 1.34. The van der Waals surface area contributed by atoms with Gasteiger partial charge in [0.1, 0.15) is 0 Å². The zero-order chi connectivity index (χ0) is 10.7. The Hall–Kier alpha value is -1.26. The van der Waals surface area contributed by atoms with E-state index in [1.165, 1.54) is 0 Å². The fraction of sp³-hybridized carbons (Fsp3) is 0.300. The molecule has 1 aromatic heterocycles. The van der Waals surface area contributed by atoms with Crippen molar-refractivity contribution in [1.29, 1.82) is 0 Å². The van der Waals surface area contributed by atoms with E-state index < -0.39 is 6.10 Å². The summed E-state index contributed by atoms with van der Waals surface area (Å²) >= 11 is 5.49. The molecule has 0 saturated heterocycles. The van der Waals surface area contributed by atoms with Gasteiger partial charge < -0.3 is 10.4 Å². The number of anilines is 1.